The average Bonchev–Trinajstić information content (AvgIpc) is 3.05. The van der Waals surface area contributed by atoms with E-state index in [1.54, 1.807) is 26.0 Å². The van der Waals surface area contributed by atoms with E-state index in [4.69, 9.17) is 9.15 Å². The lowest BCUT2D eigenvalue weighted by Crippen LogP contribution is -2.17. The van der Waals surface area contributed by atoms with Gasteiger partial charge in [-0.15, -0.1) is 11.3 Å². The van der Waals surface area contributed by atoms with Gasteiger partial charge in [0.05, 0.1) is 17.9 Å². The summed E-state index contributed by atoms with van der Waals surface area (Å²) >= 11 is 1.37. The number of thiophene rings is 1. The molecule has 0 bridgehead atoms. The molecule has 0 aromatic carbocycles. The minimum absolute atomic E-state index is 0.201. The van der Waals surface area contributed by atoms with Gasteiger partial charge < -0.3 is 14.5 Å². The molecule has 0 aliphatic carbocycles. The SMILES string of the molecule is CCc1c(C)sc(NC(=O)c2ccco2)c1C(=O)OC(C)C. The molecule has 0 saturated heterocycles. The quantitative estimate of drug-likeness (QED) is 0.844. The molecule has 118 valence electrons. The van der Waals surface area contributed by atoms with Crippen LogP contribution < -0.4 is 5.32 Å². The number of esters is 1. The van der Waals surface area contributed by atoms with Gasteiger partial charge in [0, 0.05) is 4.88 Å². The second kappa shape index (κ2) is 6.79. The molecular formula is C16H19NO4S. The molecular weight excluding hydrogens is 302 g/mol. The molecule has 0 aliphatic rings. The van der Waals surface area contributed by atoms with Crippen molar-refractivity contribution in [2.24, 2.45) is 0 Å². The third-order valence-corrected chi connectivity index (χ3v) is 4.14. The summed E-state index contributed by atoms with van der Waals surface area (Å²) < 4.78 is 10.4. The molecule has 0 saturated carbocycles. The van der Waals surface area contributed by atoms with Crippen molar-refractivity contribution < 1.29 is 18.7 Å². The number of carbonyl (C=O) groups excluding carboxylic acids is 2. The van der Waals surface area contributed by atoms with Gasteiger partial charge in [-0.25, -0.2) is 4.79 Å². The first-order valence-corrected chi connectivity index (χ1v) is 7.93. The fraction of sp³-hybridized carbons (Fsp3) is 0.375. The Labute approximate surface area is 133 Å². The van der Waals surface area contributed by atoms with Crippen LogP contribution in [-0.2, 0) is 11.2 Å². The smallest absolute Gasteiger partial charge is 0.341 e. The first kappa shape index (κ1) is 16.3. The first-order chi connectivity index (χ1) is 10.4. The highest BCUT2D eigenvalue weighted by Gasteiger charge is 2.25. The van der Waals surface area contributed by atoms with Crippen molar-refractivity contribution in [2.75, 3.05) is 5.32 Å². The number of aryl methyl sites for hydroxylation is 1. The van der Waals surface area contributed by atoms with Gasteiger partial charge in [-0.2, -0.15) is 0 Å². The van der Waals surface area contributed by atoms with E-state index in [1.165, 1.54) is 17.6 Å². The third kappa shape index (κ3) is 3.39. The lowest BCUT2D eigenvalue weighted by atomic mass is 10.1. The number of carbonyl (C=O) groups is 2. The average molecular weight is 321 g/mol. The van der Waals surface area contributed by atoms with Gasteiger partial charge in [-0.1, -0.05) is 6.92 Å². The maximum Gasteiger partial charge on any atom is 0.341 e. The number of anilines is 1. The maximum absolute atomic E-state index is 12.3. The highest BCUT2D eigenvalue weighted by molar-refractivity contribution is 7.16. The van der Waals surface area contributed by atoms with Crippen molar-refractivity contribution in [3.63, 3.8) is 0 Å². The molecule has 0 aliphatic heterocycles. The van der Waals surface area contributed by atoms with Gasteiger partial charge in [-0.05, 0) is 44.9 Å². The van der Waals surface area contributed by atoms with Crippen LogP contribution in [0.3, 0.4) is 0 Å². The standard InChI is InChI=1S/C16H19NO4S/c1-5-11-10(4)22-15(13(11)16(19)21-9(2)3)17-14(18)12-7-6-8-20-12/h6-9H,5H2,1-4H3,(H,17,18). The van der Waals surface area contributed by atoms with Crippen LogP contribution in [0.1, 0.15) is 52.1 Å². The summed E-state index contributed by atoms with van der Waals surface area (Å²) in [6, 6.07) is 3.21. The van der Waals surface area contributed by atoms with E-state index in [1.807, 2.05) is 13.8 Å². The topological polar surface area (TPSA) is 68.5 Å². The molecule has 0 radical (unpaired) electrons. The number of nitrogens with one attached hydrogen (secondary N) is 1. The van der Waals surface area contributed by atoms with E-state index >= 15 is 0 Å². The molecule has 1 amide bonds. The Hall–Kier alpha value is -2.08. The highest BCUT2D eigenvalue weighted by atomic mass is 32.1. The second-order valence-corrected chi connectivity index (χ2v) is 6.30. The van der Waals surface area contributed by atoms with Crippen LogP contribution >= 0.6 is 11.3 Å². The third-order valence-electron chi connectivity index (χ3n) is 3.08. The number of hydrogen-bond acceptors (Lipinski definition) is 5. The summed E-state index contributed by atoms with van der Waals surface area (Å²) in [5, 5.41) is 3.25. The van der Waals surface area contributed by atoms with Crippen molar-refractivity contribution in [1.29, 1.82) is 0 Å². The molecule has 0 unspecified atom stereocenters. The van der Waals surface area contributed by atoms with Crippen LogP contribution in [0.4, 0.5) is 5.00 Å². The lowest BCUT2D eigenvalue weighted by Gasteiger charge is -2.10. The summed E-state index contributed by atoms with van der Waals surface area (Å²) in [6.07, 6.45) is 1.91. The minimum atomic E-state index is -0.411. The molecule has 0 fully saturated rings. The molecule has 2 heterocycles. The van der Waals surface area contributed by atoms with E-state index < -0.39 is 5.97 Å². The fourth-order valence-corrected chi connectivity index (χ4v) is 3.28. The Morgan fingerprint density at radius 1 is 1.41 bits per heavy atom. The Morgan fingerprint density at radius 2 is 2.14 bits per heavy atom. The molecule has 1 N–H and O–H groups in total. The molecule has 0 spiro atoms. The van der Waals surface area contributed by atoms with Crippen molar-refractivity contribution in [3.8, 4) is 0 Å². The van der Waals surface area contributed by atoms with E-state index in [9.17, 15) is 9.59 Å². The van der Waals surface area contributed by atoms with Gasteiger partial charge in [0.1, 0.15) is 5.00 Å². The molecule has 2 rings (SSSR count). The number of furan rings is 1. The molecule has 5 nitrogen and oxygen atoms in total. The Bertz CT molecular complexity index is 671. The summed E-state index contributed by atoms with van der Waals surface area (Å²) in [7, 11) is 0. The van der Waals surface area contributed by atoms with E-state index in [-0.39, 0.29) is 17.8 Å². The Morgan fingerprint density at radius 3 is 2.68 bits per heavy atom. The number of hydrogen-bond donors (Lipinski definition) is 1. The van der Waals surface area contributed by atoms with Crippen LogP contribution in [0.25, 0.3) is 0 Å². The molecule has 2 aromatic heterocycles. The fourth-order valence-electron chi connectivity index (χ4n) is 2.15. The number of amides is 1. The lowest BCUT2D eigenvalue weighted by molar-refractivity contribution is 0.0378. The molecule has 0 atom stereocenters. The van der Waals surface area contributed by atoms with Crippen LogP contribution in [0.2, 0.25) is 0 Å². The zero-order valence-electron chi connectivity index (χ0n) is 13.1. The Kier molecular flexibility index (Phi) is 5.03. The summed E-state index contributed by atoms with van der Waals surface area (Å²) in [5.74, 6) is -0.592. The molecule has 22 heavy (non-hydrogen) atoms. The predicted octanol–water partition coefficient (Wildman–Crippen LogP) is 4.03. The van der Waals surface area contributed by atoms with Crippen LogP contribution in [-0.4, -0.2) is 18.0 Å². The van der Waals surface area contributed by atoms with Gasteiger partial charge in [0.15, 0.2) is 5.76 Å². The van der Waals surface area contributed by atoms with Crippen molar-refractivity contribution in [3.05, 3.63) is 40.2 Å². The number of rotatable bonds is 5. The number of ether oxygens (including phenoxy) is 1. The van der Waals surface area contributed by atoms with Crippen molar-refractivity contribution >= 4 is 28.2 Å². The van der Waals surface area contributed by atoms with Gasteiger partial charge in [-0.3, -0.25) is 4.79 Å². The Balaban J connectivity index is 2.34. The second-order valence-electron chi connectivity index (χ2n) is 5.08. The van der Waals surface area contributed by atoms with E-state index in [0.29, 0.717) is 17.0 Å². The maximum atomic E-state index is 12.3. The molecule has 6 heteroatoms. The zero-order chi connectivity index (χ0) is 16.3. The normalized spacial score (nSPS) is 10.8. The van der Waals surface area contributed by atoms with Crippen LogP contribution in [0.5, 0.6) is 0 Å². The van der Waals surface area contributed by atoms with Gasteiger partial charge in [0.25, 0.3) is 5.91 Å². The van der Waals surface area contributed by atoms with Crippen LogP contribution in [0.15, 0.2) is 22.8 Å². The first-order valence-electron chi connectivity index (χ1n) is 7.12. The zero-order valence-corrected chi connectivity index (χ0v) is 13.9. The minimum Gasteiger partial charge on any atom is -0.459 e. The van der Waals surface area contributed by atoms with Gasteiger partial charge >= 0.3 is 5.97 Å². The molecule has 2 aromatic rings. The van der Waals surface area contributed by atoms with Crippen molar-refractivity contribution in [1.82, 2.24) is 0 Å². The summed E-state index contributed by atoms with van der Waals surface area (Å²) in [4.78, 5) is 25.5. The van der Waals surface area contributed by atoms with Gasteiger partial charge in [0.2, 0.25) is 0 Å². The monoisotopic (exact) mass is 321 g/mol. The van der Waals surface area contributed by atoms with Crippen LogP contribution in [0, 0.1) is 6.92 Å². The summed E-state index contributed by atoms with van der Waals surface area (Å²) in [6.45, 7) is 7.49. The van der Waals surface area contributed by atoms with Crippen molar-refractivity contribution in [2.45, 2.75) is 40.2 Å². The highest BCUT2D eigenvalue weighted by Crippen LogP contribution is 2.34. The van der Waals surface area contributed by atoms with E-state index in [2.05, 4.69) is 5.32 Å². The largest absolute Gasteiger partial charge is 0.459 e. The summed E-state index contributed by atoms with van der Waals surface area (Å²) in [5.41, 5.74) is 1.35. The van der Waals surface area contributed by atoms with E-state index in [0.717, 1.165) is 10.4 Å². The predicted molar refractivity (Wildman–Crippen MR) is 85.6 cm³/mol.